The monoisotopic (exact) mass is 437 g/mol. The molecule has 2 fully saturated rings. The van der Waals surface area contributed by atoms with E-state index in [4.69, 9.17) is 19.4 Å². The van der Waals surface area contributed by atoms with Gasteiger partial charge >= 0.3 is 0 Å². The number of aromatic nitrogens is 4. The zero-order valence-electron chi connectivity index (χ0n) is 18.7. The van der Waals surface area contributed by atoms with Crippen LogP contribution in [0, 0.1) is 0 Å². The number of rotatable bonds is 8. The third-order valence-electron chi connectivity index (χ3n) is 6.13. The summed E-state index contributed by atoms with van der Waals surface area (Å²) in [5.74, 6) is 3.25. The molecule has 5 rings (SSSR count). The van der Waals surface area contributed by atoms with Gasteiger partial charge in [-0.3, -0.25) is 0 Å². The van der Waals surface area contributed by atoms with Crippen LogP contribution in [0.15, 0.2) is 30.9 Å². The van der Waals surface area contributed by atoms with Crippen molar-refractivity contribution in [2.45, 2.75) is 25.8 Å². The number of benzene rings is 1. The predicted octanol–water partition coefficient (Wildman–Crippen LogP) is 2.31. The lowest BCUT2D eigenvalue weighted by atomic mass is 10.2. The maximum atomic E-state index is 6.13. The van der Waals surface area contributed by atoms with Gasteiger partial charge in [-0.05, 0) is 25.3 Å². The van der Waals surface area contributed by atoms with Crippen LogP contribution in [0.4, 0.5) is 11.8 Å². The molecule has 170 valence electrons. The Bertz CT molecular complexity index is 1030. The quantitative estimate of drug-likeness (QED) is 0.538. The van der Waals surface area contributed by atoms with Crippen LogP contribution in [0.5, 0.6) is 11.5 Å². The molecule has 2 aromatic heterocycles. The number of nitrogens with zero attached hydrogens (tertiary/aromatic N) is 6. The minimum Gasteiger partial charge on any atom is -0.493 e. The molecule has 0 aliphatic carbocycles. The average molecular weight is 438 g/mol. The molecule has 0 atom stereocenters. The molecule has 4 heterocycles. The van der Waals surface area contributed by atoms with E-state index in [1.165, 1.54) is 12.8 Å². The van der Waals surface area contributed by atoms with E-state index >= 15 is 0 Å². The van der Waals surface area contributed by atoms with Crippen LogP contribution in [-0.2, 0) is 6.54 Å². The Kier molecular flexibility index (Phi) is 6.24. The maximum absolute atomic E-state index is 6.13. The first-order valence-corrected chi connectivity index (χ1v) is 11.5. The highest BCUT2D eigenvalue weighted by molar-refractivity contribution is 5.93. The van der Waals surface area contributed by atoms with Crippen LogP contribution in [-0.4, -0.2) is 72.5 Å². The van der Waals surface area contributed by atoms with Gasteiger partial charge in [0.2, 0.25) is 5.95 Å². The molecular weight excluding hydrogens is 406 g/mol. The van der Waals surface area contributed by atoms with E-state index in [2.05, 4.69) is 24.7 Å². The van der Waals surface area contributed by atoms with E-state index in [0.717, 1.165) is 80.7 Å². The summed E-state index contributed by atoms with van der Waals surface area (Å²) in [6, 6.07) is 4.05. The molecule has 0 spiro atoms. The molecule has 0 amide bonds. The van der Waals surface area contributed by atoms with Crippen LogP contribution >= 0.6 is 0 Å². The van der Waals surface area contributed by atoms with Gasteiger partial charge in [0, 0.05) is 69.7 Å². The Hall–Kier alpha value is -3.07. The van der Waals surface area contributed by atoms with Crippen molar-refractivity contribution in [1.29, 1.82) is 0 Å². The fraction of sp³-hybridized carbons (Fsp3) is 0.522. The second-order valence-corrected chi connectivity index (χ2v) is 8.30. The van der Waals surface area contributed by atoms with Gasteiger partial charge in [-0.2, -0.15) is 4.98 Å². The van der Waals surface area contributed by atoms with E-state index in [-0.39, 0.29) is 0 Å². The van der Waals surface area contributed by atoms with E-state index in [0.29, 0.717) is 12.4 Å². The molecule has 1 N–H and O–H groups in total. The Morgan fingerprint density at radius 1 is 1.00 bits per heavy atom. The van der Waals surface area contributed by atoms with Crippen LogP contribution in [0.25, 0.3) is 10.9 Å². The molecule has 0 bridgehead atoms. The van der Waals surface area contributed by atoms with Crippen LogP contribution in [0.2, 0.25) is 0 Å². The highest BCUT2D eigenvalue weighted by Crippen LogP contribution is 2.37. The first-order chi connectivity index (χ1) is 15.8. The first-order valence-electron chi connectivity index (χ1n) is 11.5. The van der Waals surface area contributed by atoms with Crippen molar-refractivity contribution in [3.05, 3.63) is 30.9 Å². The molecule has 2 aliphatic rings. The largest absolute Gasteiger partial charge is 0.493 e. The summed E-state index contributed by atoms with van der Waals surface area (Å²) in [7, 11) is 1.68. The van der Waals surface area contributed by atoms with E-state index in [1.807, 2.05) is 24.7 Å². The van der Waals surface area contributed by atoms with Crippen LogP contribution in [0.3, 0.4) is 0 Å². The number of methoxy groups -OCH3 is 1. The van der Waals surface area contributed by atoms with Crippen molar-refractivity contribution in [3.63, 3.8) is 0 Å². The first kappa shape index (κ1) is 20.8. The molecule has 0 unspecified atom stereocenters. The van der Waals surface area contributed by atoms with E-state index < -0.39 is 0 Å². The van der Waals surface area contributed by atoms with Crippen molar-refractivity contribution in [2.24, 2.45) is 0 Å². The molecule has 3 aromatic rings. The molecule has 0 radical (unpaired) electrons. The molecule has 32 heavy (non-hydrogen) atoms. The maximum Gasteiger partial charge on any atom is 0.227 e. The number of aryl methyl sites for hydroxylation is 1. The number of hydrogen-bond acceptors (Lipinski definition) is 8. The second-order valence-electron chi connectivity index (χ2n) is 8.30. The third kappa shape index (κ3) is 4.43. The lowest BCUT2D eigenvalue weighted by Crippen LogP contribution is -2.44. The van der Waals surface area contributed by atoms with Crippen molar-refractivity contribution in [3.8, 4) is 11.5 Å². The minimum atomic E-state index is 0.592. The number of hydrogen-bond donors (Lipinski definition) is 1. The molecule has 9 nitrogen and oxygen atoms in total. The molecule has 1 aromatic carbocycles. The molecule has 9 heteroatoms. The summed E-state index contributed by atoms with van der Waals surface area (Å²) in [4.78, 5) is 18.7. The van der Waals surface area contributed by atoms with Gasteiger partial charge in [0.1, 0.15) is 5.82 Å². The zero-order valence-corrected chi connectivity index (χ0v) is 18.7. The van der Waals surface area contributed by atoms with Gasteiger partial charge in [0.05, 0.1) is 25.6 Å². The lowest BCUT2D eigenvalue weighted by Gasteiger charge is -2.30. The highest BCUT2D eigenvalue weighted by atomic mass is 16.5. The Balaban J connectivity index is 1.45. The van der Waals surface area contributed by atoms with Crippen LogP contribution < -0.4 is 24.6 Å². The van der Waals surface area contributed by atoms with E-state index in [1.54, 1.807) is 13.3 Å². The molecule has 2 aliphatic heterocycles. The van der Waals surface area contributed by atoms with Crippen molar-refractivity contribution < 1.29 is 9.47 Å². The second kappa shape index (κ2) is 9.60. The van der Waals surface area contributed by atoms with Gasteiger partial charge in [-0.1, -0.05) is 0 Å². The standard InChI is InChI=1S/C23H31N7O2/c1-31-20-15-18-19(16-21(20)32-14-4-8-28-11-5-25-17-28)26-23(30-9-2-3-10-30)27-22(18)29-12-6-24-7-13-29/h5,11,15-17,24H,2-4,6-10,12-14H2,1H3. The Labute approximate surface area is 188 Å². The lowest BCUT2D eigenvalue weighted by molar-refractivity contribution is 0.283. The predicted molar refractivity (Wildman–Crippen MR) is 125 cm³/mol. The number of imidazole rings is 1. The Morgan fingerprint density at radius 2 is 1.84 bits per heavy atom. The molecule has 0 saturated carbocycles. The van der Waals surface area contributed by atoms with Crippen molar-refractivity contribution in [1.82, 2.24) is 24.8 Å². The van der Waals surface area contributed by atoms with Gasteiger partial charge in [-0.25, -0.2) is 9.97 Å². The minimum absolute atomic E-state index is 0.592. The normalized spacial score (nSPS) is 16.7. The highest BCUT2D eigenvalue weighted by Gasteiger charge is 2.22. The van der Waals surface area contributed by atoms with Gasteiger partial charge in [0.15, 0.2) is 11.5 Å². The average Bonchev–Trinajstić information content (AvgIpc) is 3.56. The topological polar surface area (TPSA) is 80.6 Å². The summed E-state index contributed by atoms with van der Waals surface area (Å²) in [5.41, 5.74) is 0.904. The number of piperazine rings is 1. The SMILES string of the molecule is COc1cc2c(N3CCNCC3)nc(N3CCCC3)nc2cc1OCCCn1ccnc1. The summed E-state index contributed by atoms with van der Waals surface area (Å²) >= 11 is 0. The van der Waals surface area contributed by atoms with Gasteiger partial charge in [-0.15, -0.1) is 0 Å². The number of fused-ring (bicyclic) bond motifs is 1. The number of nitrogens with one attached hydrogen (secondary N) is 1. The van der Waals surface area contributed by atoms with Gasteiger partial charge in [0.25, 0.3) is 0 Å². The summed E-state index contributed by atoms with van der Waals surface area (Å²) in [6.45, 7) is 7.26. The smallest absolute Gasteiger partial charge is 0.227 e. The van der Waals surface area contributed by atoms with E-state index in [9.17, 15) is 0 Å². The zero-order chi connectivity index (χ0) is 21.8. The number of ether oxygens (including phenoxy) is 2. The fourth-order valence-electron chi connectivity index (χ4n) is 4.41. The summed E-state index contributed by atoms with van der Waals surface area (Å²) in [6.07, 6.45) is 8.85. The number of anilines is 2. The summed E-state index contributed by atoms with van der Waals surface area (Å²) in [5, 5.41) is 4.44. The Morgan fingerprint density at radius 3 is 2.59 bits per heavy atom. The molecular formula is C23H31N7O2. The van der Waals surface area contributed by atoms with Crippen molar-refractivity contribution >= 4 is 22.7 Å². The van der Waals surface area contributed by atoms with Crippen LogP contribution in [0.1, 0.15) is 19.3 Å². The fourth-order valence-corrected chi connectivity index (χ4v) is 4.41. The molecule has 2 saturated heterocycles. The van der Waals surface area contributed by atoms with Gasteiger partial charge < -0.3 is 29.2 Å². The van der Waals surface area contributed by atoms with Crippen molar-refractivity contribution in [2.75, 3.05) is 62.8 Å². The summed E-state index contributed by atoms with van der Waals surface area (Å²) < 4.78 is 13.9. The third-order valence-corrected chi connectivity index (χ3v) is 6.13.